The van der Waals surface area contributed by atoms with Crippen molar-refractivity contribution in [3.63, 3.8) is 0 Å². The molecule has 0 bridgehead atoms. The number of nitrogens with zero attached hydrogens (tertiary/aromatic N) is 3. The van der Waals surface area contributed by atoms with E-state index in [4.69, 9.17) is 4.74 Å². The van der Waals surface area contributed by atoms with Crippen molar-refractivity contribution in [2.24, 2.45) is 4.99 Å². The maximum absolute atomic E-state index is 5.65. The number of aromatic nitrogens is 1. The zero-order valence-electron chi connectivity index (χ0n) is 15.6. The van der Waals surface area contributed by atoms with Gasteiger partial charge in [0.05, 0.1) is 18.8 Å². The van der Waals surface area contributed by atoms with E-state index in [1.807, 2.05) is 23.5 Å². The van der Waals surface area contributed by atoms with Crippen molar-refractivity contribution in [1.82, 2.24) is 20.5 Å². The highest BCUT2D eigenvalue weighted by atomic mass is 127. The molecule has 2 N–H and O–H groups in total. The molecule has 1 fully saturated rings. The van der Waals surface area contributed by atoms with Crippen LogP contribution in [0.15, 0.2) is 47.0 Å². The minimum absolute atomic E-state index is 0. The van der Waals surface area contributed by atoms with Crippen LogP contribution in [0.2, 0.25) is 0 Å². The second-order valence-electron chi connectivity index (χ2n) is 6.19. The first-order valence-corrected chi connectivity index (χ1v) is 9.99. The number of ether oxygens (including phenoxy) is 1. The fourth-order valence-electron chi connectivity index (χ4n) is 3.13. The number of rotatable bonds is 8. The number of hydrogen-bond donors (Lipinski definition) is 2. The molecule has 8 heteroatoms. The molecule has 0 radical (unpaired) electrons. The molecular formula is C19H28IN5OS. The monoisotopic (exact) mass is 501 g/mol. The second-order valence-corrected chi connectivity index (χ2v) is 7.17. The summed E-state index contributed by atoms with van der Waals surface area (Å²) in [5.74, 6) is 1.59. The van der Waals surface area contributed by atoms with Gasteiger partial charge >= 0.3 is 0 Å². The van der Waals surface area contributed by atoms with Crippen LogP contribution in [0.3, 0.4) is 0 Å². The molecule has 0 aliphatic carbocycles. The lowest BCUT2D eigenvalue weighted by Crippen LogP contribution is -2.43. The maximum Gasteiger partial charge on any atom is 0.191 e. The quantitative estimate of drug-likeness (QED) is 0.252. The van der Waals surface area contributed by atoms with E-state index in [1.54, 1.807) is 19.4 Å². The summed E-state index contributed by atoms with van der Waals surface area (Å²) in [5, 5.41) is 8.93. The Morgan fingerprint density at radius 2 is 2.15 bits per heavy atom. The molecule has 2 aromatic heterocycles. The lowest BCUT2D eigenvalue weighted by Gasteiger charge is -2.27. The Morgan fingerprint density at radius 3 is 2.81 bits per heavy atom. The van der Waals surface area contributed by atoms with Crippen molar-refractivity contribution < 1.29 is 4.74 Å². The van der Waals surface area contributed by atoms with Gasteiger partial charge in [-0.25, -0.2) is 0 Å². The molecule has 2 aromatic rings. The highest BCUT2D eigenvalue weighted by molar-refractivity contribution is 14.0. The standard InChI is InChI=1S/C19H27N5OS.HI/c1-20-19(22-9-12-25-16-6-4-8-21-14-16)23-15-17(18-7-5-13-26-18)24-10-2-3-11-24;/h4-8,13-14,17H,2-3,9-12,15H2,1H3,(H2,20,22,23);1H. The van der Waals surface area contributed by atoms with Gasteiger partial charge in [0.25, 0.3) is 0 Å². The number of likely N-dealkylation sites (tertiary alicyclic amines) is 1. The molecule has 0 amide bonds. The Balaban J connectivity index is 0.00000261. The van der Waals surface area contributed by atoms with Crippen molar-refractivity contribution in [3.05, 3.63) is 46.9 Å². The fraction of sp³-hybridized carbons (Fsp3) is 0.474. The summed E-state index contributed by atoms with van der Waals surface area (Å²) in [6.07, 6.45) is 6.04. The third-order valence-electron chi connectivity index (χ3n) is 4.44. The molecule has 0 saturated carbocycles. The summed E-state index contributed by atoms with van der Waals surface area (Å²) >= 11 is 1.83. The first kappa shape index (κ1) is 21.9. The molecule has 1 saturated heterocycles. The van der Waals surface area contributed by atoms with Gasteiger partial charge in [0.15, 0.2) is 5.96 Å². The second kappa shape index (κ2) is 12.1. The number of nitrogens with one attached hydrogen (secondary N) is 2. The van der Waals surface area contributed by atoms with Crippen LogP contribution < -0.4 is 15.4 Å². The van der Waals surface area contributed by atoms with Crippen LogP contribution in [0, 0.1) is 0 Å². The van der Waals surface area contributed by atoms with E-state index in [1.165, 1.54) is 30.8 Å². The number of hydrogen-bond acceptors (Lipinski definition) is 5. The molecule has 3 heterocycles. The van der Waals surface area contributed by atoms with E-state index >= 15 is 0 Å². The smallest absolute Gasteiger partial charge is 0.191 e. The fourth-order valence-corrected chi connectivity index (χ4v) is 3.99. The zero-order chi connectivity index (χ0) is 18.0. The number of thiophene rings is 1. The SMILES string of the molecule is CN=C(NCCOc1cccnc1)NCC(c1cccs1)N1CCCC1.I. The van der Waals surface area contributed by atoms with E-state index in [9.17, 15) is 0 Å². The van der Waals surface area contributed by atoms with Crippen LogP contribution in [-0.4, -0.2) is 55.7 Å². The maximum atomic E-state index is 5.65. The highest BCUT2D eigenvalue weighted by Crippen LogP contribution is 2.27. The largest absolute Gasteiger partial charge is 0.490 e. The van der Waals surface area contributed by atoms with Gasteiger partial charge in [0.2, 0.25) is 0 Å². The summed E-state index contributed by atoms with van der Waals surface area (Å²) in [5.41, 5.74) is 0. The van der Waals surface area contributed by atoms with Gasteiger partial charge in [-0.05, 0) is 49.5 Å². The third kappa shape index (κ3) is 6.93. The van der Waals surface area contributed by atoms with Gasteiger partial charge in [-0.2, -0.15) is 0 Å². The Kier molecular flexibility index (Phi) is 9.85. The van der Waals surface area contributed by atoms with Gasteiger partial charge < -0.3 is 15.4 Å². The minimum Gasteiger partial charge on any atom is -0.490 e. The molecule has 3 rings (SSSR count). The van der Waals surface area contributed by atoms with Crippen LogP contribution >= 0.6 is 35.3 Å². The third-order valence-corrected chi connectivity index (χ3v) is 5.41. The van der Waals surface area contributed by atoms with Gasteiger partial charge in [-0.15, -0.1) is 35.3 Å². The minimum atomic E-state index is 0. The number of aliphatic imine (C=N–C) groups is 1. The van der Waals surface area contributed by atoms with E-state index in [0.29, 0.717) is 19.2 Å². The van der Waals surface area contributed by atoms with Gasteiger partial charge in [0.1, 0.15) is 12.4 Å². The van der Waals surface area contributed by atoms with Gasteiger partial charge in [-0.1, -0.05) is 6.07 Å². The van der Waals surface area contributed by atoms with E-state index in [0.717, 1.165) is 18.3 Å². The highest BCUT2D eigenvalue weighted by Gasteiger charge is 2.24. The summed E-state index contributed by atoms with van der Waals surface area (Å²) < 4.78 is 5.65. The predicted octanol–water partition coefficient (Wildman–Crippen LogP) is 3.14. The average molecular weight is 501 g/mol. The van der Waals surface area contributed by atoms with Crippen molar-refractivity contribution in [2.45, 2.75) is 18.9 Å². The summed E-state index contributed by atoms with van der Waals surface area (Å²) in [6, 6.07) is 8.54. The Labute approximate surface area is 182 Å². The first-order valence-electron chi connectivity index (χ1n) is 9.11. The van der Waals surface area contributed by atoms with Crippen molar-refractivity contribution in [3.8, 4) is 5.75 Å². The van der Waals surface area contributed by atoms with E-state index < -0.39 is 0 Å². The van der Waals surface area contributed by atoms with Crippen LogP contribution in [0.4, 0.5) is 0 Å². The number of halogens is 1. The first-order chi connectivity index (χ1) is 12.9. The van der Waals surface area contributed by atoms with Crippen LogP contribution in [0.1, 0.15) is 23.8 Å². The van der Waals surface area contributed by atoms with Crippen molar-refractivity contribution in [2.75, 3.05) is 39.8 Å². The summed E-state index contributed by atoms with van der Waals surface area (Å²) in [6.45, 7) is 4.45. The molecule has 27 heavy (non-hydrogen) atoms. The molecule has 1 unspecified atom stereocenters. The Bertz CT molecular complexity index is 662. The van der Waals surface area contributed by atoms with Crippen LogP contribution in [-0.2, 0) is 0 Å². The molecule has 1 aliphatic heterocycles. The number of guanidine groups is 1. The lowest BCUT2D eigenvalue weighted by atomic mass is 10.2. The average Bonchev–Trinajstić information content (AvgIpc) is 3.39. The topological polar surface area (TPSA) is 61.8 Å². The molecule has 1 atom stereocenters. The molecule has 0 spiro atoms. The molecule has 148 valence electrons. The number of pyridine rings is 1. The summed E-state index contributed by atoms with van der Waals surface area (Å²) in [7, 11) is 1.80. The predicted molar refractivity (Wildman–Crippen MR) is 122 cm³/mol. The summed E-state index contributed by atoms with van der Waals surface area (Å²) in [4.78, 5) is 12.3. The zero-order valence-corrected chi connectivity index (χ0v) is 18.8. The van der Waals surface area contributed by atoms with Crippen LogP contribution in [0.25, 0.3) is 0 Å². The molecular weight excluding hydrogens is 473 g/mol. The van der Waals surface area contributed by atoms with Gasteiger partial charge in [-0.3, -0.25) is 14.9 Å². The normalized spacial score (nSPS) is 15.8. The van der Waals surface area contributed by atoms with E-state index in [2.05, 4.69) is 43.0 Å². The van der Waals surface area contributed by atoms with E-state index in [-0.39, 0.29) is 24.0 Å². The van der Waals surface area contributed by atoms with Crippen LogP contribution in [0.5, 0.6) is 5.75 Å². The Hall–Kier alpha value is -1.39. The molecule has 6 nitrogen and oxygen atoms in total. The van der Waals surface area contributed by atoms with Crippen molar-refractivity contribution >= 4 is 41.3 Å². The van der Waals surface area contributed by atoms with Crippen molar-refractivity contribution in [1.29, 1.82) is 0 Å². The lowest BCUT2D eigenvalue weighted by molar-refractivity contribution is 0.248. The Morgan fingerprint density at radius 1 is 1.30 bits per heavy atom. The molecule has 1 aliphatic rings. The molecule has 0 aromatic carbocycles. The van der Waals surface area contributed by atoms with Gasteiger partial charge in [0, 0.05) is 24.7 Å².